The number of hydrogen-bond acceptors (Lipinski definition) is 2. The number of carbonyl (C=O) groups excluding carboxylic acids is 2. The predicted molar refractivity (Wildman–Crippen MR) is 86.8 cm³/mol. The van der Waals surface area contributed by atoms with E-state index in [1.165, 1.54) is 25.7 Å². The van der Waals surface area contributed by atoms with Crippen LogP contribution in [0.15, 0.2) is 24.3 Å². The molecule has 2 amide bonds. The molecule has 1 aromatic carbocycles. The molecule has 4 nitrogen and oxygen atoms in total. The van der Waals surface area contributed by atoms with Crippen LogP contribution in [-0.2, 0) is 4.79 Å². The molecule has 0 bridgehead atoms. The Balaban J connectivity index is 1.60. The summed E-state index contributed by atoms with van der Waals surface area (Å²) in [6.07, 6.45) is 7.61. The molecule has 1 heterocycles. The molecule has 1 aromatic rings. The van der Waals surface area contributed by atoms with Gasteiger partial charge in [-0.05, 0) is 49.8 Å². The minimum Gasteiger partial charge on any atom is -0.339 e. The molecular weight excluding hydrogens is 276 g/mol. The number of nitrogens with one attached hydrogen (secondary N) is 1. The van der Waals surface area contributed by atoms with Crippen LogP contribution in [0.5, 0.6) is 0 Å². The van der Waals surface area contributed by atoms with E-state index < -0.39 is 0 Å². The first-order valence-electron chi connectivity index (χ1n) is 8.41. The lowest BCUT2D eigenvalue weighted by molar-refractivity contribution is -0.117. The van der Waals surface area contributed by atoms with Gasteiger partial charge in [0, 0.05) is 30.8 Å². The van der Waals surface area contributed by atoms with E-state index >= 15 is 0 Å². The number of anilines is 1. The highest BCUT2D eigenvalue weighted by molar-refractivity contribution is 5.97. The highest BCUT2D eigenvalue weighted by atomic mass is 16.2. The molecule has 1 aliphatic heterocycles. The number of hydrogen-bond donors (Lipinski definition) is 1. The van der Waals surface area contributed by atoms with Crippen LogP contribution in [0.2, 0.25) is 0 Å². The standard InChI is InChI=1S/C18H24N2O2/c21-17(12-14-6-1-2-7-14)19-16-9-5-8-15(13-16)18(22)20-10-3-4-11-20/h5,8-9,13-14H,1-4,6-7,10-12H2,(H,19,21). The Morgan fingerprint density at radius 3 is 2.55 bits per heavy atom. The fourth-order valence-electron chi connectivity index (χ4n) is 3.52. The first-order valence-corrected chi connectivity index (χ1v) is 8.41. The van der Waals surface area contributed by atoms with Gasteiger partial charge in [0.25, 0.3) is 5.91 Å². The second kappa shape index (κ2) is 6.95. The number of amides is 2. The maximum absolute atomic E-state index is 12.4. The van der Waals surface area contributed by atoms with E-state index in [-0.39, 0.29) is 11.8 Å². The van der Waals surface area contributed by atoms with Crippen LogP contribution in [0.1, 0.15) is 55.3 Å². The van der Waals surface area contributed by atoms with Crippen molar-refractivity contribution in [2.75, 3.05) is 18.4 Å². The lowest BCUT2D eigenvalue weighted by atomic mass is 10.0. The Bertz CT molecular complexity index is 544. The van der Waals surface area contributed by atoms with E-state index in [4.69, 9.17) is 0 Å². The third kappa shape index (κ3) is 3.67. The molecule has 0 atom stereocenters. The normalized spacial score (nSPS) is 18.6. The molecule has 3 rings (SSSR count). The van der Waals surface area contributed by atoms with Gasteiger partial charge in [0.05, 0.1) is 0 Å². The molecular formula is C18H24N2O2. The molecule has 0 unspecified atom stereocenters. The molecule has 2 fully saturated rings. The average Bonchev–Trinajstić information content (AvgIpc) is 3.19. The van der Waals surface area contributed by atoms with Crippen LogP contribution < -0.4 is 5.32 Å². The van der Waals surface area contributed by atoms with Gasteiger partial charge < -0.3 is 10.2 Å². The molecule has 118 valence electrons. The van der Waals surface area contributed by atoms with Crippen molar-refractivity contribution in [3.8, 4) is 0 Å². The van der Waals surface area contributed by atoms with Crippen molar-refractivity contribution in [2.45, 2.75) is 44.9 Å². The van der Waals surface area contributed by atoms with Crippen molar-refractivity contribution < 1.29 is 9.59 Å². The van der Waals surface area contributed by atoms with E-state index in [1.54, 1.807) is 6.07 Å². The van der Waals surface area contributed by atoms with Gasteiger partial charge in [-0.2, -0.15) is 0 Å². The lowest BCUT2D eigenvalue weighted by Gasteiger charge is -2.16. The zero-order valence-electron chi connectivity index (χ0n) is 13.0. The smallest absolute Gasteiger partial charge is 0.253 e. The van der Waals surface area contributed by atoms with Gasteiger partial charge in [0.2, 0.25) is 5.91 Å². The van der Waals surface area contributed by atoms with Crippen LogP contribution in [-0.4, -0.2) is 29.8 Å². The van der Waals surface area contributed by atoms with Crippen molar-refractivity contribution >= 4 is 17.5 Å². The Morgan fingerprint density at radius 2 is 1.82 bits per heavy atom. The summed E-state index contributed by atoms with van der Waals surface area (Å²) in [6, 6.07) is 7.32. The van der Waals surface area contributed by atoms with Gasteiger partial charge in [0.15, 0.2) is 0 Å². The number of nitrogens with zero attached hydrogens (tertiary/aromatic N) is 1. The minimum atomic E-state index is 0.0673. The zero-order chi connectivity index (χ0) is 15.4. The van der Waals surface area contributed by atoms with Crippen molar-refractivity contribution in [1.29, 1.82) is 0 Å². The van der Waals surface area contributed by atoms with Crippen LogP contribution in [0.4, 0.5) is 5.69 Å². The minimum absolute atomic E-state index is 0.0673. The molecule has 1 aliphatic carbocycles. The summed E-state index contributed by atoms with van der Waals surface area (Å²) in [5, 5.41) is 2.94. The predicted octanol–water partition coefficient (Wildman–Crippen LogP) is 3.44. The van der Waals surface area contributed by atoms with Gasteiger partial charge >= 0.3 is 0 Å². The third-order valence-electron chi connectivity index (χ3n) is 4.74. The molecule has 1 saturated heterocycles. The fraction of sp³-hybridized carbons (Fsp3) is 0.556. The Kier molecular flexibility index (Phi) is 4.76. The maximum atomic E-state index is 12.4. The van der Waals surface area contributed by atoms with E-state index in [1.807, 2.05) is 23.1 Å². The molecule has 0 spiro atoms. The highest BCUT2D eigenvalue weighted by Crippen LogP contribution is 2.27. The number of carbonyl (C=O) groups is 2. The van der Waals surface area contributed by atoms with Crippen LogP contribution in [0.3, 0.4) is 0 Å². The van der Waals surface area contributed by atoms with Crippen molar-refractivity contribution in [3.63, 3.8) is 0 Å². The Labute approximate surface area is 131 Å². The second-order valence-electron chi connectivity index (χ2n) is 6.48. The third-order valence-corrected chi connectivity index (χ3v) is 4.74. The Hall–Kier alpha value is -1.84. The number of likely N-dealkylation sites (tertiary alicyclic amines) is 1. The molecule has 22 heavy (non-hydrogen) atoms. The van der Waals surface area contributed by atoms with Crippen LogP contribution >= 0.6 is 0 Å². The monoisotopic (exact) mass is 300 g/mol. The zero-order valence-corrected chi connectivity index (χ0v) is 13.0. The molecule has 0 radical (unpaired) electrons. The van der Waals surface area contributed by atoms with Gasteiger partial charge in [-0.3, -0.25) is 9.59 Å². The van der Waals surface area contributed by atoms with Gasteiger partial charge in [-0.1, -0.05) is 18.9 Å². The fourth-order valence-corrected chi connectivity index (χ4v) is 3.52. The first kappa shape index (κ1) is 15.1. The summed E-state index contributed by atoms with van der Waals surface area (Å²) in [7, 11) is 0. The summed E-state index contributed by atoms with van der Waals surface area (Å²) in [4.78, 5) is 26.4. The van der Waals surface area contributed by atoms with Gasteiger partial charge in [0.1, 0.15) is 0 Å². The summed E-state index contributed by atoms with van der Waals surface area (Å²) < 4.78 is 0. The Morgan fingerprint density at radius 1 is 1.09 bits per heavy atom. The molecule has 4 heteroatoms. The van der Waals surface area contributed by atoms with Crippen molar-refractivity contribution in [2.24, 2.45) is 5.92 Å². The molecule has 1 saturated carbocycles. The van der Waals surface area contributed by atoms with E-state index in [0.29, 0.717) is 17.9 Å². The van der Waals surface area contributed by atoms with Gasteiger partial charge in [-0.15, -0.1) is 0 Å². The summed E-state index contributed by atoms with van der Waals surface area (Å²) in [5.41, 5.74) is 1.40. The molecule has 2 aliphatic rings. The molecule has 0 aromatic heterocycles. The summed E-state index contributed by atoms with van der Waals surface area (Å²) in [5.74, 6) is 0.677. The lowest BCUT2D eigenvalue weighted by Crippen LogP contribution is -2.27. The number of benzene rings is 1. The maximum Gasteiger partial charge on any atom is 0.253 e. The molecule has 1 N–H and O–H groups in total. The van der Waals surface area contributed by atoms with E-state index in [0.717, 1.165) is 31.6 Å². The quantitative estimate of drug-likeness (QED) is 0.926. The largest absolute Gasteiger partial charge is 0.339 e. The van der Waals surface area contributed by atoms with E-state index in [9.17, 15) is 9.59 Å². The van der Waals surface area contributed by atoms with Crippen LogP contribution in [0.25, 0.3) is 0 Å². The number of rotatable bonds is 4. The topological polar surface area (TPSA) is 49.4 Å². The van der Waals surface area contributed by atoms with Crippen molar-refractivity contribution in [3.05, 3.63) is 29.8 Å². The average molecular weight is 300 g/mol. The SMILES string of the molecule is O=C(CC1CCCC1)Nc1cccc(C(=O)N2CCCC2)c1. The van der Waals surface area contributed by atoms with Gasteiger partial charge in [-0.25, -0.2) is 0 Å². The van der Waals surface area contributed by atoms with Crippen molar-refractivity contribution in [1.82, 2.24) is 4.90 Å². The summed E-state index contributed by atoms with van der Waals surface area (Å²) in [6.45, 7) is 1.69. The second-order valence-corrected chi connectivity index (χ2v) is 6.48. The summed E-state index contributed by atoms with van der Waals surface area (Å²) >= 11 is 0. The first-order chi connectivity index (χ1) is 10.7. The highest BCUT2D eigenvalue weighted by Gasteiger charge is 2.21. The van der Waals surface area contributed by atoms with Crippen LogP contribution in [0, 0.1) is 5.92 Å². The van der Waals surface area contributed by atoms with E-state index in [2.05, 4.69) is 5.32 Å².